The number of carbonyl (C=O) groups excluding carboxylic acids is 1. The van der Waals surface area contributed by atoms with Gasteiger partial charge in [-0.1, -0.05) is 25.4 Å². The van der Waals surface area contributed by atoms with Gasteiger partial charge in [-0.2, -0.15) is 8.75 Å². The van der Waals surface area contributed by atoms with Crippen LogP contribution in [0.2, 0.25) is 5.15 Å². The summed E-state index contributed by atoms with van der Waals surface area (Å²) in [4.78, 5) is 11.3. The van der Waals surface area contributed by atoms with E-state index in [9.17, 15) is 4.79 Å². The molecule has 0 aliphatic heterocycles. The van der Waals surface area contributed by atoms with Crippen LogP contribution in [0.25, 0.3) is 0 Å². The van der Waals surface area contributed by atoms with Crippen LogP contribution >= 0.6 is 23.3 Å². The molecule has 1 aromatic heterocycles. The lowest BCUT2D eigenvalue weighted by molar-refractivity contribution is -0.120. The standard InChI is InChI=1S/C9H15ClN4OS/c1-6(2)5-12-7(15)3-4-11-9-8(10)13-16-14-9/h6H,3-5H2,1-2H3,(H,11,14)(H,12,15). The Morgan fingerprint density at radius 3 is 2.81 bits per heavy atom. The minimum Gasteiger partial charge on any atom is -0.366 e. The van der Waals surface area contributed by atoms with Gasteiger partial charge in [0.15, 0.2) is 11.0 Å². The number of nitrogens with zero attached hydrogens (tertiary/aromatic N) is 2. The highest BCUT2D eigenvalue weighted by Crippen LogP contribution is 2.17. The summed E-state index contributed by atoms with van der Waals surface area (Å²) < 4.78 is 7.75. The highest BCUT2D eigenvalue weighted by Gasteiger charge is 2.06. The van der Waals surface area contributed by atoms with Crippen LogP contribution in [0.15, 0.2) is 0 Å². The van der Waals surface area contributed by atoms with Crippen molar-refractivity contribution in [3.8, 4) is 0 Å². The van der Waals surface area contributed by atoms with Gasteiger partial charge in [0.25, 0.3) is 0 Å². The number of aromatic nitrogens is 2. The maximum atomic E-state index is 11.3. The van der Waals surface area contributed by atoms with E-state index in [1.165, 1.54) is 0 Å². The molecule has 0 unspecified atom stereocenters. The van der Waals surface area contributed by atoms with Gasteiger partial charge >= 0.3 is 0 Å². The molecule has 5 nitrogen and oxygen atoms in total. The summed E-state index contributed by atoms with van der Waals surface area (Å²) in [6.45, 7) is 5.32. The number of amides is 1. The molecule has 0 aliphatic rings. The van der Waals surface area contributed by atoms with Crippen molar-refractivity contribution in [2.45, 2.75) is 20.3 Å². The second kappa shape index (κ2) is 6.65. The minimum atomic E-state index is 0.0283. The first-order valence-electron chi connectivity index (χ1n) is 5.08. The Hall–Kier alpha value is -0.880. The van der Waals surface area contributed by atoms with E-state index in [-0.39, 0.29) is 5.91 Å². The first-order chi connectivity index (χ1) is 7.59. The molecule has 16 heavy (non-hydrogen) atoms. The minimum absolute atomic E-state index is 0.0283. The predicted molar refractivity (Wildman–Crippen MR) is 65.9 cm³/mol. The van der Waals surface area contributed by atoms with Crippen molar-refractivity contribution in [1.82, 2.24) is 14.1 Å². The van der Waals surface area contributed by atoms with Crippen molar-refractivity contribution in [1.29, 1.82) is 0 Å². The summed E-state index contributed by atoms with van der Waals surface area (Å²) in [5, 5.41) is 6.14. The van der Waals surface area contributed by atoms with Crippen LogP contribution in [-0.2, 0) is 4.79 Å². The van der Waals surface area contributed by atoms with Crippen LogP contribution in [0.1, 0.15) is 20.3 Å². The maximum absolute atomic E-state index is 11.3. The molecule has 0 spiro atoms. The third-order valence-corrected chi connectivity index (χ3v) is 2.69. The van der Waals surface area contributed by atoms with Crippen molar-refractivity contribution in [3.63, 3.8) is 0 Å². The molecule has 0 bridgehead atoms. The van der Waals surface area contributed by atoms with Crippen LogP contribution in [0.3, 0.4) is 0 Å². The first kappa shape index (κ1) is 13.2. The molecule has 0 saturated heterocycles. The van der Waals surface area contributed by atoms with Gasteiger partial charge in [-0.15, -0.1) is 0 Å². The van der Waals surface area contributed by atoms with Gasteiger partial charge in [0, 0.05) is 19.5 Å². The molecule has 0 atom stereocenters. The third-order valence-electron chi connectivity index (χ3n) is 1.80. The van der Waals surface area contributed by atoms with Crippen molar-refractivity contribution in [3.05, 3.63) is 5.15 Å². The molecule has 0 aliphatic carbocycles. The Balaban J connectivity index is 2.16. The SMILES string of the molecule is CC(C)CNC(=O)CCNc1nsnc1Cl. The van der Waals surface area contributed by atoms with Crippen LogP contribution in [-0.4, -0.2) is 27.7 Å². The Labute approximate surface area is 104 Å². The lowest BCUT2D eigenvalue weighted by Gasteiger charge is -2.07. The van der Waals surface area contributed by atoms with Crippen molar-refractivity contribution >= 4 is 35.1 Å². The van der Waals surface area contributed by atoms with E-state index >= 15 is 0 Å². The number of hydrogen-bond acceptors (Lipinski definition) is 5. The summed E-state index contributed by atoms with van der Waals surface area (Å²) in [5.74, 6) is 1.04. The van der Waals surface area contributed by atoms with E-state index in [1.807, 2.05) is 0 Å². The van der Waals surface area contributed by atoms with Crippen LogP contribution < -0.4 is 10.6 Å². The summed E-state index contributed by atoms with van der Waals surface area (Å²) in [5.41, 5.74) is 0. The fraction of sp³-hybridized carbons (Fsp3) is 0.667. The molecule has 1 aromatic rings. The zero-order chi connectivity index (χ0) is 12.0. The third kappa shape index (κ3) is 4.76. The fourth-order valence-corrected chi connectivity index (χ4v) is 1.67. The van der Waals surface area contributed by atoms with Gasteiger partial charge in [0.05, 0.1) is 11.7 Å². The first-order valence-corrected chi connectivity index (χ1v) is 6.19. The zero-order valence-corrected chi connectivity index (χ0v) is 10.9. The zero-order valence-electron chi connectivity index (χ0n) is 9.29. The molecule has 0 fully saturated rings. The molecular formula is C9H15ClN4OS. The van der Waals surface area contributed by atoms with E-state index in [0.717, 1.165) is 11.7 Å². The van der Waals surface area contributed by atoms with Crippen molar-refractivity contribution in [2.24, 2.45) is 5.92 Å². The van der Waals surface area contributed by atoms with E-state index in [1.54, 1.807) is 0 Å². The molecule has 90 valence electrons. The second-order valence-electron chi connectivity index (χ2n) is 3.78. The highest BCUT2D eigenvalue weighted by atomic mass is 35.5. The topological polar surface area (TPSA) is 66.9 Å². The summed E-state index contributed by atoms with van der Waals surface area (Å²) in [6, 6.07) is 0. The molecule has 1 amide bonds. The number of hydrogen-bond donors (Lipinski definition) is 2. The van der Waals surface area contributed by atoms with Crippen molar-refractivity contribution < 1.29 is 4.79 Å². The van der Waals surface area contributed by atoms with Crippen LogP contribution in [0.4, 0.5) is 5.82 Å². The quantitative estimate of drug-likeness (QED) is 0.820. The normalized spacial score (nSPS) is 10.5. The van der Waals surface area contributed by atoms with Gasteiger partial charge in [0.2, 0.25) is 5.91 Å². The average Bonchev–Trinajstić information content (AvgIpc) is 2.61. The predicted octanol–water partition coefficient (Wildman–Crippen LogP) is 1.77. The summed E-state index contributed by atoms with van der Waals surface area (Å²) in [6.07, 6.45) is 0.403. The second-order valence-corrected chi connectivity index (χ2v) is 4.66. The Bertz CT molecular complexity index is 342. The van der Waals surface area contributed by atoms with Crippen LogP contribution in [0.5, 0.6) is 0 Å². The monoisotopic (exact) mass is 262 g/mol. The van der Waals surface area contributed by atoms with E-state index in [2.05, 4.69) is 33.2 Å². The number of rotatable bonds is 6. The maximum Gasteiger partial charge on any atom is 0.221 e. The number of anilines is 1. The van der Waals surface area contributed by atoms with Gasteiger partial charge in [-0.05, 0) is 5.92 Å². The molecule has 7 heteroatoms. The smallest absolute Gasteiger partial charge is 0.221 e. The van der Waals surface area contributed by atoms with Crippen LogP contribution in [0, 0.1) is 5.92 Å². The van der Waals surface area contributed by atoms with Crippen molar-refractivity contribution in [2.75, 3.05) is 18.4 Å². The van der Waals surface area contributed by atoms with Gasteiger partial charge < -0.3 is 10.6 Å². The fourth-order valence-electron chi connectivity index (χ4n) is 0.984. The lowest BCUT2D eigenvalue weighted by atomic mass is 10.2. The van der Waals surface area contributed by atoms with E-state index < -0.39 is 0 Å². The number of nitrogens with one attached hydrogen (secondary N) is 2. The van der Waals surface area contributed by atoms with Gasteiger partial charge in [-0.25, -0.2) is 0 Å². The summed E-state index contributed by atoms with van der Waals surface area (Å²) in [7, 11) is 0. The lowest BCUT2D eigenvalue weighted by Crippen LogP contribution is -2.28. The molecule has 0 radical (unpaired) electrons. The Morgan fingerprint density at radius 1 is 1.50 bits per heavy atom. The number of halogens is 1. The Morgan fingerprint density at radius 2 is 2.25 bits per heavy atom. The van der Waals surface area contributed by atoms with E-state index in [4.69, 9.17) is 11.6 Å². The largest absolute Gasteiger partial charge is 0.366 e. The average molecular weight is 263 g/mol. The highest BCUT2D eigenvalue weighted by molar-refractivity contribution is 6.99. The molecule has 2 N–H and O–H groups in total. The molecule has 0 saturated carbocycles. The summed E-state index contributed by atoms with van der Waals surface area (Å²) >= 11 is 6.78. The molecule has 0 aromatic carbocycles. The Kier molecular flexibility index (Phi) is 5.48. The van der Waals surface area contributed by atoms with E-state index in [0.29, 0.717) is 36.4 Å². The molecular weight excluding hydrogens is 248 g/mol. The molecule has 1 heterocycles. The molecule has 1 rings (SSSR count). The number of carbonyl (C=O) groups is 1. The van der Waals surface area contributed by atoms with Gasteiger partial charge in [0.1, 0.15) is 0 Å². The van der Waals surface area contributed by atoms with Gasteiger partial charge in [-0.3, -0.25) is 4.79 Å².